The number of ether oxygens (including phenoxy) is 2. The van der Waals surface area contributed by atoms with Crippen molar-refractivity contribution in [1.82, 2.24) is 5.32 Å². The molecule has 0 aliphatic carbocycles. The lowest BCUT2D eigenvalue weighted by Gasteiger charge is -2.31. The molecule has 90 valence electrons. The molecule has 1 saturated heterocycles. The molecule has 0 aromatic rings. The highest BCUT2D eigenvalue weighted by Crippen LogP contribution is 2.12. The maximum Gasteiger partial charge on any atom is 0.0962 e. The summed E-state index contributed by atoms with van der Waals surface area (Å²) in [7, 11) is 0. The molecule has 2 atom stereocenters. The smallest absolute Gasteiger partial charge is 0.0962 e. The van der Waals surface area contributed by atoms with E-state index in [1.54, 1.807) is 0 Å². The van der Waals surface area contributed by atoms with E-state index in [4.69, 9.17) is 9.47 Å². The van der Waals surface area contributed by atoms with E-state index < -0.39 is 0 Å². The third kappa shape index (κ3) is 4.96. The van der Waals surface area contributed by atoms with Crippen molar-refractivity contribution in [1.29, 1.82) is 0 Å². The second-order valence-electron chi connectivity index (χ2n) is 4.14. The maximum atomic E-state index is 5.74. The fraction of sp³-hybridized carbons (Fsp3) is 1.00. The Kier molecular flexibility index (Phi) is 6.98. The molecule has 0 radical (unpaired) electrons. The zero-order chi connectivity index (χ0) is 10.9. The summed E-state index contributed by atoms with van der Waals surface area (Å²) in [5, 5.41) is 3.51. The largest absolute Gasteiger partial charge is 0.376 e. The van der Waals surface area contributed by atoms with Crippen molar-refractivity contribution >= 4 is 0 Å². The lowest BCUT2D eigenvalue weighted by Crippen LogP contribution is -2.46. The predicted octanol–water partition coefficient (Wildman–Crippen LogP) is 1.96. The summed E-state index contributed by atoms with van der Waals surface area (Å²) in [6, 6.07) is 0.474. The molecule has 0 spiro atoms. The number of hydrogen-bond donors (Lipinski definition) is 1. The Bertz CT molecular complexity index is 147. The lowest BCUT2D eigenvalue weighted by atomic mass is 10.0. The van der Waals surface area contributed by atoms with Crippen molar-refractivity contribution in [2.24, 2.45) is 0 Å². The second kappa shape index (κ2) is 8.08. The Morgan fingerprint density at radius 2 is 2.13 bits per heavy atom. The van der Waals surface area contributed by atoms with Gasteiger partial charge in [0.2, 0.25) is 0 Å². The normalized spacial score (nSPS) is 24.0. The van der Waals surface area contributed by atoms with Gasteiger partial charge >= 0.3 is 0 Å². The summed E-state index contributed by atoms with van der Waals surface area (Å²) in [6.07, 6.45) is 5.34. The molecule has 0 aromatic heterocycles. The fourth-order valence-corrected chi connectivity index (χ4v) is 2.03. The number of nitrogens with one attached hydrogen (secondary N) is 1. The topological polar surface area (TPSA) is 30.5 Å². The first-order chi connectivity index (χ1) is 7.38. The van der Waals surface area contributed by atoms with E-state index in [1.165, 1.54) is 25.7 Å². The first-order valence-corrected chi connectivity index (χ1v) is 6.31. The van der Waals surface area contributed by atoms with Crippen LogP contribution in [0.3, 0.4) is 0 Å². The number of unbranched alkanes of at least 4 members (excludes halogenated alkanes) is 2. The second-order valence-corrected chi connectivity index (χ2v) is 4.14. The molecule has 3 heteroatoms. The van der Waals surface area contributed by atoms with Gasteiger partial charge in [-0.2, -0.15) is 0 Å². The molecular formula is C12H25NO2. The van der Waals surface area contributed by atoms with Gasteiger partial charge < -0.3 is 14.8 Å². The zero-order valence-electron chi connectivity index (χ0n) is 10.1. The molecular weight excluding hydrogens is 190 g/mol. The van der Waals surface area contributed by atoms with Crippen molar-refractivity contribution < 1.29 is 9.47 Å². The van der Waals surface area contributed by atoms with Crippen molar-refractivity contribution in [2.45, 2.75) is 51.7 Å². The minimum absolute atomic E-state index is 0.260. The monoisotopic (exact) mass is 215 g/mol. The minimum atomic E-state index is 0.260. The van der Waals surface area contributed by atoms with Crippen LogP contribution in [0.15, 0.2) is 0 Å². The summed E-state index contributed by atoms with van der Waals surface area (Å²) >= 11 is 0. The first-order valence-electron chi connectivity index (χ1n) is 6.31. The Hall–Kier alpha value is -0.120. The van der Waals surface area contributed by atoms with Gasteiger partial charge in [-0.1, -0.05) is 33.1 Å². The molecule has 0 bridgehead atoms. The van der Waals surface area contributed by atoms with Gasteiger partial charge in [0.25, 0.3) is 0 Å². The summed E-state index contributed by atoms with van der Waals surface area (Å²) in [5.41, 5.74) is 0. The van der Waals surface area contributed by atoms with Crippen molar-refractivity contribution in [3.8, 4) is 0 Å². The molecule has 2 unspecified atom stereocenters. The van der Waals surface area contributed by atoms with Crippen LogP contribution in [-0.4, -0.2) is 38.5 Å². The fourth-order valence-electron chi connectivity index (χ4n) is 2.03. The van der Waals surface area contributed by atoms with E-state index in [0.717, 1.165) is 26.4 Å². The summed E-state index contributed by atoms with van der Waals surface area (Å²) in [6.45, 7) is 7.66. The van der Waals surface area contributed by atoms with Crippen molar-refractivity contribution in [3.05, 3.63) is 0 Å². The van der Waals surface area contributed by atoms with Gasteiger partial charge in [-0.05, 0) is 13.0 Å². The van der Waals surface area contributed by atoms with Gasteiger partial charge in [-0.25, -0.2) is 0 Å². The van der Waals surface area contributed by atoms with Crippen LogP contribution in [0.5, 0.6) is 0 Å². The van der Waals surface area contributed by atoms with Crippen LogP contribution in [0.25, 0.3) is 0 Å². The van der Waals surface area contributed by atoms with Crippen LogP contribution >= 0.6 is 0 Å². The highest BCUT2D eigenvalue weighted by atomic mass is 16.6. The Morgan fingerprint density at radius 1 is 1.27 bits per heavy atom. The Labute approximate surface area is 93.5 Å². The van der Waals surface area contributed by atoms with Crippen LogP contribution < -0.4 is 5.32 Å². The van der Waals surface area contributed by atoms with Gasteiger partial charge in [0.15, 0.2) is 0 Å². The Balaban J connectivity index is 2.26. The maximum absolute atomic E-state index is 5.74. The number of hydrogen-bond acceptors (Lipinski definition) is 3. The molecule has 0 amide bonds. The number of rotatable bonds is 7. The zero-order valence-corrected chi connectivity index (χ0v) is 10.1. The van der Waals surface area contributed by atoms with Crippen LogP contribution in [-0.2, 0) is 9.47 Å². The van der Waals surface area contributed by atoms with Crippen LogP contribution in [0.2, 0.25) is 0 Å². The molecule has 0 saturated carbocycles. The molecule has 1 fully saturated rings. The average molecular weight is 215 g/mol. The Morgan fingerprint density at radius 3 is 2.73 bits per heavy atom. The summed E-state index contributed by atoms with van der Waals surface area (Å²) in [5.74, 6) is 0. The number of likely N-dealkylation sites (N-methyl/N-ethyl adjacent to an activating group) is 1. The molecule has 1 aliphatic heterocycles. The SMILES string of the molecule is CCCCCC(NCC)C1COCCO1. The lowest BCUT2D eigenvalue weighted by molar-refractivity contribution is -0.102. The van der Waals surface area contributed by atoms with Crippen LogP contribution in [0.4, 0.5) is 0 Å². The van der Waals surface area contributed by atoms with Gasteiger partial charge in [-0.3, -0.25) is 0 Å². The van der Waals surface area contributed by atoms with E-state index in [9.17, 15) is 0 Å². The highest BCUT2D eigenvalue weighted by molar-refractivity contribution is 4.78. The third-order valence-electron chi connectivity index (χ3n) is 2.88. The molecule has 0 aromatic carbocycles. The highest BCUT2D eigenvalue weighted by Gasteiger charge is 2.23. The molecule has 3 nitrogen and oxygen atoms in total. The molecule has 1 N–H and O–H groups in total. The summed E-state index contributed by atoms with van der Waals surface area (Å²) in [4.78, 5) is 0. The first kappa shape index (κ1) is 12.9. The third-order valence-corrected chi connectivity index (χ3v) is 2.88. The standard InChI is InChI=1S/C12H25NO2/c1-3-5-6-7-11(13-4-2)12-10-14-8-9-15-12/h11-13H,3-10H2,1-2H3. The average Bonchev–Trinajstić information content (AvgIpc) is 2.29. The predicted molar refractivity (Wildman–Crippen MR) is 62.2 cm³/mol. The van der Waals surface area contributed by atoms with Gasteiger partial charge in [0.1, 0.15) is 0 Å². The van der Waals surface area contributed by atoms with Gasteiger partial charge in [0, 0.05) is 6.04 Å². The van der Waals surface area contributed by atoms with E-state index in [-0.39, 0.29) is 6.10 Å². The van der Waals surface area contributed by atoms with Gasteiger partial charge in [0.05, 0.1) is 25.9 Å². The van der Waals surface area contributed by atoms with Crippen molar-refractivity contribution in [2.75, 3.05) is 26.4 Å². The van der Waals surface area contributed by atoms with Crippen molar-refractivity contribution in [3.63, 3.8) is 0 Å². The molecule has 1 heterocycles. The molecule has 15 heavy (non-hydrogen) atoms. The van der Waals surface area contributed by atoms with E-state index in [0.29, 0.717) is 6.04 Å². The quantitative estimate of drug-likeness (QED) is 0.659. The van der Waals surface area contributed by atoms with E-state index in [1.807, 2.05) is 0 Å². The molecule has 1 aliphatic rings. The van der Waals surface area contributed by atoms with Gasteiger partial charge in [-0.15, -0.1) is 0 Å². The van der Waals surface area contributed by atoms with Crippen LogP contribution in [0.1, 0.15) is 39.5 Å². The van der Waals surface area contributed by atoms with E-state index >= 15 is 0 Å². The van der Waals surface area contributed by atoms with E-state index in [2.05, 4.69) is 19.2 Å². The van der Waals surface area contributed by atoms with Crippen LogP contribution in [0, 0.1) is 0 Å². The molecule has 1 rings (SSSR count). The minimum Gasteiger partial charge on any atom is -0.376 e. The summed E-state index contributed by atoms with van der Waals surface area (Å²) < 4.78 is 11.2.